The molecule has 0 bridgehead atoms. The first kappa shape index (κ1) is 24.2. The van der Waals surface area contributed by atoms with Crippen LogP contribution in [0.2, 0.25) is 0 Å². The van der Waals surface area contributed by atoms with Crippen molar-refractivity contribution in [1.29, 1.82) is 0 Å². The molecule has 0 saturated heterocycles. The molecule has 0 radical (unpaired) electrons. The third kappa shape index (κ3) is 8.40. The fourth-order valence-electron chi connectivity index (χ4n) is 2.96. The molecule has 0 atom stereocenters. The Balaban J connectivity index is 0.00000576. The third-order valence-corrected chi connectivity index (χ3v) is 4.77. The molecular formula is C20H36IN3O. The lowest BCUT2D eigenvalue weighted by atomic mass is 9.76. The zero-order chi connectivity index (χ0) is 17.7. The summed E-state index contributed by atoms with van der Waals surface area (Å²) in [6, 6.07) is 10.8. The number of rotatable bonds is 11. The first-order valence-corrected chi connectivity index (χ1v) is 9.30. The fourth-order valence-corrected chi connectivity index (χ4v) is 2.96. The van der Waals surface area contributed by atoms with Crippen molar-refractivity contribution in [2.24, 2.45) is 4.99 Å². The second kappa shape index (κ2) is 14.4. The second-order valence-corrected chi connectivity index (χ2v) is 6.11. The number of hydrogen-bond acceptors (Lipinski definition) is 2. The highest BCUT2D eigenvalue weighted by molar-refractivity contribution is 14.0. The van der Waals surface area contributed by atoms with Crippen LogP contribution in [0.3, 0.4) is 0 Å². The molecule has 0 aliphatic carbocycles. The van der Waals surface area contributed by atoms with Crippen molar-refractivity contribution in [3.05, 3.63) is 35.9 Å². The Morgan fingerprint density at radius 1 is 1.04 bits per heavy atom. The van der Waals surface area contributed by atoms with Gasteiger partial charge in [0.05, 0.1) is 0 Å². The minimum Gasteiger partial charge on any atom is -0.382 e. The summed E-state index contributed by atoms with van der Waals surface area (Å²) in [4.78, 5) is 4.35. The van der Waals surface area contributed by atoms with Crippen molar-refractivity contribution in [1.82, 2.24) is 10.6 Å². The van der Waals surface area contributed by atoms with Crippen molar-refractivity contribution in [2.75, 3.05) is 33.4 Å². The predicted molar refractivity (Wildman–Crippen MR) is 119 cm³/mol. The number of benzene rings is 1. The van der Waals surface area contributed by atoms with Crippen LogP contribution in [0.25, 0.3) is 0 Å². The molecule has 4 nitrogen and oxygen atoms in total. The molecule has 144 valence electrons. The topological polar surface area (TPSA) is 45.6 Å². The van der Waals surface area contributed by atoms with Gasteiger partial charge in [-0.05, 0) is 38.2 Å². The standard InChI is InChI=1S/C20H35N3O.HI/c1-5-20(6-2,18-13-9-8-10-14-18)17-23-19(21-4)22-15-11-12-16-24-7-3;/h8-10,13-14H,5-7,11-12,15-17H2,1-4H3,(H2,21,22,23);1H. The van der Waals surface area contributed by atoms with Gasteiger partial charge in [0, 0.05) is 38.8 Å². The maximum absolute atomic E-state index is 5.36. The van der Waals surface area contributed by atoms with Crippen LogP contribution in [0.5, 0.6) is 0 Å². The number of unbranched alkanes of at least 4 members (excludes halogenated alkanes) is 1. The average Bonchev–Trinajstić information content (AvgIpc) is 2.64. The number of ether oxygens (including phenoxy) is 1. The van der Waals surface area contributed by atoms with Gasteiger partial charge in [0.2, 0.25) is 0 Å². The molecule has 1 aromatic carbocycles. The zero-order valence-corrected chi connectivity index (χ0v) is 18.6. The predicted octanol–water partition coefficient (Wildman–Crippen LogP) is 4.34. The first-order valence-electron chi connectivity index (χ1n) is 9.30. The minimum absolute atomic E-state index is 0. The molecule has 5 heteroatoms. The normalized spacial score (nSPS) is 11.8. The highest BCUT2D eigenvalue weighted by Gasteiger charge is 2.28. The number of hydrogen-bond donors (Lipinski definition) is 2. The van der Waals surface area contributed by atoms with E-state index >= 15 is 0 Å². The fraction of sp³-hybridized carbons (Fsp3) is 0.650. The Morgan fingerprint density at radius 2 is 1.72 bits per heavy atom. The summed E-state index contributed by atoms with van der Waals surface area (Å²) in [5, 5.41) is 6.92. The lowest BCUT2D eigenvalue weighted by Gasteiger charge is -2.33. The number of aliphatic imine (C=N–C) groups is 1. The molecule has 0 spiro atoms. The molecule has 0 amide bonds. The molecule has 0 aromatic heterocycles. The van der Waals surface area contributed by atoms with E-state index in [1.54, 1.807) is 0 Å². The third-order valence-electron chi connectivity index (χ3n) is 4.77. The molecule has 25 heavy (non-hydrogen) atoms. The van der Waals surface area contributed by atoms with E-state index in [0.29, 0.717) is 0 Å². The van der Waals surface area contributed by atoms with Crippen LogP contribution in [0.1, 0.15) is 52.0 Å². The Bertz CT molecular complexity index is 461. The van der Waals surface area contributed by atoms with Gasteiger partial charge in [-0.1, -0.05) is 44.2 Å². The van der Waals surface area contributed by atoms with Crippen LogP contribution in [0, 0.1) is 0 Å². The molecule has 0 heterocycles. The van der Waals surface area contributed by atoms with Gasteiger partial charge in [-0.3, -0.25) is 4.99 Å². The summed E-state index contributed by atoms with van der Waals surface area (Å²) in [6.45, 7) is 10.0. The quantitative estimate of drug-likeness (QED) is 0.223. The molecule has 0 fully saturated rings. The second-order valence-electron chi connectivity index (χ2n) is 6.11. The van der Waals surface area contributed by atoms with Crippen molar-refractivity contribution >= 4 is 29.9 Å². The smallest absolute Gasteiger partial charge is 0.191 e. The minimum atomic E-state index is 0. The summed E-state index contributed by atoms with van der Waals surface area (Å²) < 4.78 is 5.36. The SMILES string of the molecule is CCOCCCCNC(=NC)NCC(CC)(CC)c1ccccc1.I. The van der Waals surface area contributed by atoms with Crippen LogP contribution in [0.4, 0.5) is 0 Å². The summed E-state index contributed by atoms with van der Waals surface area (Å²) in [5.41, 5.74) is 1.54. The monoisotopic (exact) mass is 461 g/mol. The average molecular weight is 461 g/mol. The van der Waals surface area contributed by atoms with Crippen molar-refractivity contribution < 1.29 is 4.74 Å². The highest BCUT2D eigenvalue weighted by Crippen LogP contribution is 2.30. The molecule has 0 aliphatic heterocycles. The lowest BCUT2D eigenvalue weighted by molar-refractivity contribution is 0.143. The number of halogens is 1. The Hall–Kier alpha value is -0.820. The van der Waals surface area contributed by atoms with Gasteiger partial charge in [0.1, 0.15) is 0 Å². The molecule has 0 unspecified atom stereocenters. The van der Waals surface area contributed by atoms with Gasteiger partial charge >= 0.3 is 0 Å². The van der Waals surface area contributed by atoms with E-state index in [1.807, 2.05) is 14.0 Å². The molecule has 1 aromatic rings. The van der Waals surface area contributed by atoms with Gasteiger partial charge in [-0.2, -0.15) is 0 Å². The van der Waals surface area contributed by atoms with Gasteiger partial charge in [-0.15, -0.1) is 24.0 Å². The number of nitrogens with one attached hydrogen (secondary N) is 2. The van der Waals surface area contributed by atoms with Crippen LogP contribution < -0.4 is 10.6 Å². The van der Waals surface area contributed by atoms with Crippen LogP contribution in [-0.4, -0.2) is 39.3 Å². The van der Waals surface area contributed by atoms with Crippen LogP contribution >= 0.6 is 24.0 Å². The number of guanidine groups is 1. The Kier molecular flexibility index (Phi) is 13.9. The lowest BCUT2D eigenvalue weighted by Crippen LogP contribution is -2.45. The van der Waals surface area contributed by atoms with Crippen molar-refractivity contribution in [3.63, 3.8) is 0 Å². The Morgan fingerprint density at radius 3 is 2.28 bits per heavy atom. The summed E-state index contributed by atoms with van der Waals surface area (Å²) in [5.74, 6) is 0.883. The molecule has 1 rings (SSSR count). The van der Waals surface area contributed by atoms with Crippen LogP contribution in [-0.2, 0) is 10.2 Å². The molecule has 0 aliphatic rings. The van der Waals surface area contributed by atoms with E-state index < -0.39 is 0 Å². The molecule has 0 saturated carbocycles. The van der Waals surface area contributed by atoms with E-state index in [9.17, 15) is 0 Å². The van der Waals surface area contributed by atoms with E-state index in [2.05, 4.69) is 59.8 Å². The zero-order valence-electron chi connectivity index (χ0n) is 16.3. The molecular weight excluding hydrogens is 425 g/mol. The van der Waals surface area contributed by atoms with Gasteiger partial charge in [-0.25, -0.2) is 0 Å². The maximum Gasteiger partial charge on any atom is 0.191 e. The summed E-state index contributed by atoms with van der Waals surface area (Å²) in [7, 11) is 1.83. The summed E-state index contributed by atoms with van der Waals surface area (Å²) >= 11 is 0. The van der Waals surface area contributed by atoms with E-state index in [1.165, 1.54) is 5.56 Å². The number of nitrogens with zero attached hydrogens (tertiary/aromatic N) is 1. The Labute approximate surface area is 171 Å². The first-order chi connectivity index (χ1) is 11.7. The van der Waals surface area contributed by atoms with Gasteiger partial charge < -0.3 is 15.4 Å². The van der Waals surface area contributed by atoms with Crippen LogP contribution in [0.15, 0.2) is 35.3 Å². The van der Waals surface area contributed by atoms with Gasteiger partial charge in [0.25, 0.3) is 0 Å². The van der Waals surface area contributed by atoms with Crippen molar-refractivity contribution in [2.45, 2.75) is 51.9 Å². The highest BCUT2D eigenvalue weighted by atomic mass is 127. The van der Waals surface area contributed by atoms with E-state index in [-0.39, 0.29) is 29.4 Å². The largest absolute Gasteiger partial charge is 0.382 e. The summed E-state index contributed by atoms with van der Waals surface area (Å²) in [6.07, 6.45) is 4.37. The maximum atomic E-state index is 5.36. The van der Waals surface area contributed by atoms with Gasteiger partial charge in [0.15, 0.2) is 5.96 Å². The van der Waals surface area contributed by atoms with E-state index in [4.69, 9.17) is 4.74 Å². The van der Waals surface area contributed by atoms with Crippen molar-refractivity contribution in [3.8, 4) is 0 Å². The molecule has 2 N–H and O–H groups in total. The van der Waals surface area contributed by atoms with E-state index in [0.717, 1.165) is 57.9 Å².